The van der Waals surface area contributed by atoms with Gasteiger partial charge in [0.05, 0.1) is 27.9 Å². The Kier molecular flexibility index (Phi) is 6.59. The third-order valence-corrected chi connectivity index (χ3v) is 7.17. The minimum Gasteiger partial charge on any atom is -0.454 e. The third kappa shape index (κ3) is 5.30. The zero-order chi connectivity index (χ0) is 25.8. The number of pyridine rings is 2. The van der Waals surface area contributed by atoms with Crippen molar-refractivity contribution in [2.45, 2.75) is 4.90 Å². The van der Waals surface area contributed by atoms with E-state index < -0.39 is 10.0 Å². The van der Waals surface area contributed by atoms with Crippen molar-refractivity contribution in [3.8, 4) is 40.0 Å². The fraction of sp³-hybridized carbons (Fsp3) is 0. The van der Waals surface area contributed by atoms with Crippen molar-refractivity contribution in [1.29, 1.82) is 5.26 Å². The molecule has 0 aliphatic carbocycles. The number of thiazole rings is 1. The molecule has 5 rings (SSSR count). The number of anilines is 1. The van der Waals surface area contributed by atoms with Crippen LogP contribution in [0.1, 0.15) is 5.56 Å². The molecule has 0 fully saturated rings. The fourth-order valence-corrected chi connectivity index (χ4v) is 5.09. The number of nitrogens with zero attached hydrogens (tertiary/aromatic N) is 4. The molecule has 0 amide bonds. The van der Waals surface area contributed by atoms with Gasteiger partial charge in [0.15, 0.2) is 11.6 Å². The summed E-state index contributed by atoms with van der Waals surface area (Å²) >= 11 is 1.25. The molecule has 0 spiro atoms. The van der Waals surface area contributed by atoms with Gasteiger partial charge in [-0.3, -0.25) is 14.7 Å². The van der Waals surface area contributed by atoms with Crippen LogP contribution >= 0.6 is 11.3 Å². The highest BCUT2D eigenvalue weighted by Crippen LogP contribution is 2.37. The van der Waals surface area contributed by atoms with Crippen molar-refractivity contribution in [2.24, 2.45) is 0 Å². The Balaban J connectivity index is 1.53. The van der Waals surface area contributed by atoms with Crippen LogP contribution in [-0.4, -0.2) is 23.4 Å². The molecule has 11 heteroatoms. The van der Waals surface area contributed by atoms with E-state index >= 15 is 0 Å². The zero-order valence-electron chi connectivity index (χ0n) is 18.9. The van der Waals surface area contributed by atoms with Crippen LogP contribution in [0.3, 0.4) is 0 Å². The molecule has 0 bridgehead atoms. The van der Waals surface area contributed by atoms with Gasteiger partial charge in [-0.25, -0.2) is 17.8 Å². The Hall–Kier alpha value is -4.66. The first kappa shape index (κ1) is 24.1. The standard InChI is InChI=1S/C26H16FN5O3S2/c27-20-5-1-3-17(9-20)23-11-22(18-4-2-8-29-13-18)25(14-30-23)35-24-7-6-21(10-19(24)12-28)37(33,34)32-26-15-36-16-31-26/h1-11,13-16,32H. The molecule has 37 heavy (non-hydrogen) atoms. The SMILES string of the molecule is N#Cc1cc(S(=O)(=O)Nc2cscn2)ccc1Oc1cnc(-c2cccc(F)c2)cc1-c1cccnc1. The summed E-state index contributed by atoms with van der Waals surface area (Å²) in [7, 11) is -3.96. The summed E-state index contributed by atoms with van der Waals surface area (Å²) in [6.45, 7) is 0. The molecular formula is C26H16FN5O3S2. The van der Waals surface area contributed by atoms with E-state index in [1.807, 2.05) is 12.1 Å². The van der Waals surface area contributed by atoms with Gasteiger partial charge in [0.25, 0.3) is 10.0 Å². The molecule has 0 saturated heterocycles. The molecule has 0 aliphatic rings. The highest BCUT2D eigenvalue weighted by Gasteiger charge is 2.19. The molecule has 5 aromatic rings. The number of sulfonamides is 1. The first-order valence-corrected chi connectivity index (χ1v) is 13.1. The van der Waals surface area contributed by atoms with Gasteiger partial charge in [-0.1, -0.05) is 18.2 Å². The number of rotatable bonds is 7. The lowest BCUT2D eigenvalue weighted by atomic mass is 10.0. The number of hydrogen-bond donors (Lipinski definition) is 1. The predicted molar refractivity (Wildman–Crippen MR) is 137 cm³/mol. The lowest BCUT2D eigenvalue weighted by Gasteiger charge is -2.14. The summed E-state index contributed by atoms with van der Waals surface area (Å²) < 4.78 is 47.7. The van der Waals surface area contributed by atoms with Crippen molar-refractivity contribution in [2.75, 3.05) is 4.72 Å². The summed E-state index contributed by atoms with van der Waals surface area (Å²) in [6, 6.07) is 17.3. The minimum absolute atomic E-state index is 0.00694. The van der Waals surface area contributed by atoms with Crippen molar-refractivity contribution in [3.63, 3.8) is 0 Å². The maximum atomic E-state index is 13.8. The van der Waals surface area contributed by atoms with Crippen LogP contribution in [0.15, 0.2) is 95.0 Å². The van der Waals surface area contributed by atoms with Crippen LogP contribution in [0, 0.1) is 17.1 Å². The third-order valence-electron chi connectivity index (χ3n) is 5.23. The van der Waals surface area contributed by atoms with E-state index in [0.717, 1.165) is 0 Å². The molecule has 0 atom stereocenters. The second kappa shape index (κ2) is 10.1. The normalized spacial score (nSPS) is 11.0. The predicted octanol–water partition coefficient (Wildman–Crippen LogP) is 5.87. The lowest BCUT2D eigenvalue weighted by Crippen LogP contribution is -2.13. The van der Waals surface area contributed by atoms with Crippen molar-refractivity contribution < 1.29 is 17.5 Å². The van der Waals surface area contributed by atoms with Crippen LogP contribution < -0.4 is 9.46 Å². The minimum atomic E-state index is -3.96. The molecule has 0 aliphatic heterocycles. The molecule has 182 valence electrons. The lowest BCUT2D eigenvalue weighted by molar-refractivity contribution is 0.480. The van der Waals surface area contributed by atoms with Gasteiger partial charge < -0.3 is 4.74 Å². The Morgan fingerprint density at radius 2 is 1.84 bits per heavy atom. The molecule has 0 unspecified atom stereocenters. The van der Waals surface area contributed by atoms with Crippen molar-refractivity contribution in [3.05, 3.63) is 102 Å². The van der Waals surface area contributed by atoms with Gasteiger partial charge in [0, 0.05) is 34.5 Å². The van der Waals surface area contributed by atoms with E-state index in [-0.39, 0.29) is 27.8 Å². The van der Waals surface area contributed by atoms with E-state index in [9.17, 15) is 18.1 Å². The van der Waals surface area contributed by atoms with Crippen molar-refractivity contribution in [1.82, 2.24) is 15.0 Å². The van der Waals surface area contributed by atoms with Gasteiger partial charge in [0.1, 0.15) is 17.6 Å². The first-order chi connectivity index (χ1) is 17.9. The smallest absolute Gasteiger partial charge is 0.263 e. The van der Waals surface area contributed by atoms with E-state index in [1.165, 1.54) is 53.4 Å². The average molecular weight is 530 g/mol. The number of aromatic nitrogens is 3. The van der Waals surface area contributed by atoms with Crippen LogP contribution in [0.25, 0.3) is 22.4 Å². The first-order valence-electron chi connectivity index (χ1n) is 10.7. The van der Waals surface area contributed by atoms with E-state index in [1.54, 1.807) is 42.0 Å². The van der Waals surface area contributed by atoms with E-state index in [4.69, 9.17) is 4.74 Å². The maximum Gasteiger partial charge on any atom is 0.263 e. The molecule has 3 aromatic heterocycles. The number of ether oxygens (including phenoxy) is 1. The summed E-state index contributed by atoms with van der Waals surface area (Å²) in [4.78, 5) is 12.4. The van der Waals surface area contributed by atoms with Crippen LogP contribution in [0.2, 0.25) is 0 Å². The Morgan fingerprint density at radius 3 is 2.57 bits per heavy atom. The fourth-order valence-electron chi connectivity index (χ4n) is 3.51. The quantitative estimate of drug-likeness (QED) is 0.280. The van der Waals surface area contributed by atoms with Crippen LogP contribution in [0.5, 0.6) is 11.5 Å². The summed E-state index contributed by atoms with van der Waals surface area (Å²) in [5.41, 5.74) is 3.92. The molecule has 3 heterocycles. The van der Waals surface area contributed by atoms with Gasteiger partial charge in [0.2, 0.25) is 0 Å². The van der Waals surface area contributed by atoms with Gasteiger partial charge >= 0.3 is 0 Å². The molecule has 0 saturated carbocycles. The van der Waals surface area contributed by atoms with Crippen molar-refractivity contribution >= 4 is 27.2 Å². The highest BCUT2D eigenvalue weighted by molar-refractivity contribution is 7.92. The Labute approximate surface area is 215 Å². The van der Waals surface area contributed by atoms with Gasteiger partial charge in [-0.15, -0.1) is 11.3 Å². The Morgan fingerprint density at radius 1 is 0.973 bits per heavy atom. The molecule has 1 N–H and O–H groups in total. The number of hydrogen-bond acceptors (Lipinski definition) is 8. The summed E-state index contributed by atoms with van der Waals surface area (Å²) in [6.07, 6.45) is 4.74. The molecule has 8 nitrogen and oxygen atoms in total. The average Bonchev–Trinajstić information content (AvgIpc) is 3.42. The number of halogens is 1. The number of benzene rings is 2. The monoisotopic (exact) mass is 529 g/mol. The number of nitrogens with one attached hydrogen (secondary N) is 1. The zero-order valence-corrected chi connectivity index (χ0v) is 20.5. The molecular weight excluding hydrogens is 513 g/mol. The second-order valence-corrected chi connectivity index (χ2v) is 10.1. The number of nitriles is 1. The topological polar surface area (TPSA) is 118 Å². The summed E-state index contributed by atoms with van der Waals surface area (Å²) in [5, 5.41) is 11.3. The van der Waals surface area contributed by atoms with Gasteiger partial charge in [-0.2, -0.15) is 5.26 Å². The highest BCUT2D eigenvalue weighted by atomic mass is 32.2. The molecule has 2 aromatic carbocycles. The van der Waals surface area contributed by atoms with E-state index in [0.29, 0.717) is 28.1 Å². The van der Waals surface area contributed by atoms with Gasteiger partial charge in [-0.05, 0) is 42.5 Å². The van der Waals surface area contributed by atoms with E-state index in [2.05, 4.69) is 19.7 Å². The largest absolute Gasteiger partial charge is 0.454 e. The second-order valence-electron chi connectivity index (χ2n) is 7.67. The molecule has 0 radical (unpaired) electrons. The Bertz CT molecular complexity index is 1720. The van der Waals surface area contributed by atoms with Crippen LogP contribution in [-0.2, 0) is 10.0 Å². The van der Waals surface area contributed by atoms with Crippen LogP contribution in [0.4, 0.5) is 10.2 Å². The maximum absolute atomic E-state index is 13.8. The summed E-state index contributed by atoms with van der Waals surface area (Å²) in [5.74, 6) is 0.247.